The van der Waals surface area contributed by atoms with Gasteiger partial charge in [0.05, 0.1) is 0 Å². The average Bonchev–Trinajstić information content (AvgIpc) is 2.48. The van der Waals surface area contributed by atoms with E-state index in [-0.39, 0.29) is 6.42 Å². The molecular weight excluding hydrogens is 241 g/mol. The van der Waals surface area contributed by atoms with Crippen LogP contribution in [0.1, 0.15) is 18.9 Å². The van der Waals surface area contributed by atoms with Crippen LogP contribution in [0.4, 0.5) is 10.1 Å². The minimum absolute atomic E-state index is 0.0929. The van der Waals surface area contributed by atoms with Crippen molar-refractivity contribution in [3.05, 3.63) is 66.2 Å². The van der Waals surface area contributed by atoms with Crippen molar-refractivity contribution in [1.82, 2.24) is 0 Å². The van der Waals surface area contributed by atoms with E-state index in [9.17, 15) is 9.18 Å². The number of alkyl halides is 1. The highest BCUT2D eigenvalue weighted by Crippen LogP contribution is 2.31. The van der Waals surface area contributed by atoms with Crippen molar-refractivity contribution in [3.63, 3.8) is 0 Å². The summed E-state index contributed by atoms with van der Waals surface area (Å²) in [4.78, 5) is 12.2. The van der Waals surface area contributed by atoms with Gasteiger partial charge < -0.3 is 5.32 Å². The summed E-state index contributed by atoms with van der Waals surface area (Å²) in [7, 11) is 0. The molecule has 0 spiro atoms. The van der Waals surface area contributed by atoms with Gasteiger partial charge in [0.2, 0.25) is 5.67 Å². The first kappa shape index (κ1) is 13.3. The van der Waals surface area contributed by atoms with E-state index in [1.54, 1.807) is 61.5 Å². The Morgan fingerprint density at radius 1 is 1.05 bits per heavy atom. The minimum atomic E-state index is -2.00. The number of hydrogen-bond donors (Lipinski definition) is 1. The molecule has 0 aliphatic carbocycles. The normalized spacial score (nSPS) is 13.6. The Hall–Kier alpha value is -2.16. The maximum atomic E-state index is 14.9. The fourth-order valence-electron chi connectivity index (χ4n) is 1.95. The van der Waals surface area contributed by atoms with Gasteiger partial charge in [0.1, 0.15) is 0 Å². The van der Waals surface area contributed by atoms with E-state index < -0.39 is 11.6 Å². The quantitative estimate of drug-likeness (QED) is 0.884. The second kappa shape index (κ2) is 5.65. The third kappa shape index (κ3) is 2.81. The number of amides is 1. The molecule has 0 radical (unpaired) electrons. The molecule has 3 heteroatoms. The van der Waals surface area contributed by atoms with Crippen LogP contribution in [-0.2, 0) is 10.5 Å². The first-order valence-electron chi connectivity index (χ1n) is 6.28. The van der Waals surface area contributed by atoms with Crippen molar-refractivity contribution < 1.29 is 9.18 Å². The summed E-state index contributed by atoms with van der Waals surface area (Å²) in [6.45, 7) is 1.66. The SMILES string of the molecule is CCC(F)(C(=O)Nc1ccccc1)c1ccccc1. The van der Waals surface area contributed by atoms with Gasteiger partial charge in [-0.25, -0.2) is 4.39 Å². The van der Waals surface area contributed by atoms with E-state index >= 15 is 0 Å². The maximum absolute atomic E-state index is 14.9. The van der Waals surface area contributed by atoms with Crippen molar-refractivity contribution in [2.45, 2.75) is 19.0 Å². The smallest absolute Gasteiger partial charge is 0.266 e. The lowest BCUT2D eigenvalue weighted by Gasteiger charge is -2.23. The van der Waals surface area contributed by atoms with Crippen LogP contribution in [0.15, 0.2) is 60.7 Å². The lowest BCUT2D eigenvalue weighted by Crippen LogP contribution is -2.35. The molecule has 1 atom stereocenters. The molecule has 2 nitrogen and oxygen atoms in total. The molecule has 19 heavy (non-hydrogen) atoms. The van der Waals surface area contributed by atoms with Crippen molar-refractivity contribution in [2.75, 3.05) is 5.32 Å². The predicted octanol–water partition coefficient (Wildman–Crippen LogP) is 3.90. The largest absolute Gasteiger partial charge is 0.323 e. The first-order chi connectivity index (χ1) is 9.16. The van der Waals surface area contributed by atoms with Crippen LogP contribution in [0.25, 0.3) is 0 Å². The Morgan fingerprint density at radius 2 is 1.58 bits per heavy atom. The third-order valence-electron chi connectivity index (χ3n) is 3.11. The molecule has 0 heterocycles. The molecule has 0 aromatic heterocycles. The Kier molecular flexibility index (Phi) is 3.95. The summed E-state index contributed by atoms with van der Waals surface area (Å²) in [5.41, 5.74) is -1.03. The number of rotatable bonds is 4. The average molecular weight is 257 g/mol. The van der Waals surface area contributed by atoms with E-state index in [1.165, 1.54) is 0 Å². The highest BCUT2D eigenvalue weighted by molar-refractivity contribution is 5.97. The van der Waals surface area contributed by atoms with Crippen LogP contribution < -0.4 is 5.32 Å². The molecular formula is C16H16FNO. The number of nitrogens with one attached hydrogen (secondary N) is 1. The van der Waals surface area contributed by atoms with Gasteiger partial charge >= 0.3 is 0 Å². The van der Waals surface area contributed by atoms with E-state index in [2.05, 4.69) is 5.32 Å². The highest BCUT2D eigenvalue weighted by Gasteiger charge is 2.38. The third-order valence-corrected chi connectivity index (χ3v) is 3.11. The second-order valence-electron chi connectivity index (χ2n) is 4.34. The van der Waals surface area contributed by atoms with Crippen molar-refractivity contribution >= 4 is 11.6 Å². The van der Waals surface area contributed by atoms with Crippen LogP contribution in [0.5, 0.6) is 0 Å². The maximum Gasteiger partial charge on any atom is 0.266 e. The molecule has 2 aromatic rings. The molecule has 0 saturated heterocycles. The summed E-state index contributed by atoms with van der Waals surface area (Å²) in [6.07, 6.45) is 0.0929. The summed E-state index contributed by atoms with van der Waals surface area (Å²) in [5.74, 6) is -0.632. The van der Waals surface area contributed by atoms with Crippen molar-refractivity contribution in [2.24, 2.45) is 0 Å². The van der Waals surface area contributed by atoms with Gasteiger partial charge in [0.25, 0.3) is 5.91 Å². The number of carbonyl (C=O) groups is 1. The molecule has 1 amide bonds. The Balaban J connectivity index is 2.24. The molecule has 2 rings (SSSR count). The van der Waals surface area contributed by atoms with Gasteiger partial charge in [-0.05, 0) is 24.1 Å². The molecule has 0 aliphatic heterocycles. The Bertz CT molecular complexity index is 541. The number of carbonyl (C=O) groups excluding carboxylic acids is 1. The predicted molar refractivity (Wildman–Crippen MR) is 74.6 cm³/mol. The zero-order valence-corrected chi connectivity index (χ0v) is 10.8. The zero-order chi connectivity index (χ0) is 13.7. The molecule has 2 aromatic carbocycles. The number of hydrogen-bond acceptors (Lipinski definition) is 1. The van der Waals surface area contributed by atoms with Crippen LogP contribution in [-0.4, -0.2) is 5.91 Å². The Morgan fingerprint density at radius 3 is 2.11 bits per heavy atom. The van der Waals surface area contributed by atoms with Crippen LogP contribution >= 0.6 is 0 Å². The lowest BCUT2D eigenvalue weighted by molar-refractivity contribution is -0.128. The lowest BCUT2D eigenvalue weighted by atomic mass is 9.92. The number of benzene rings is 2. The molecule has 0 bridgehead atoms. The Labute approximate surface area is 112 Å². The van der Waals surface area contributed by atoms with Crippen LogP contribution in [0, 0.1) is 0 Å². The molecule has 0 aliphatic rings. The van der Waals surface area contributed by atoms with Gasteiger partial charge in [-0.15, -0.1) is 0 Å². The topological polar surface area (TPSA) is 29.1 Å². The van der Waals surface area contributed by atoms with Crippen LogP contribution in [0.3, 0.4) is 0 Å². The fraction of sp³-hybridized carbons (Fsp3) is 0.188. The molecule has 0 saturated carbocycles. The van der Waals surface area contributed by atoms with E-state index in [1.807, 2.05) is 6.07 Å². The standard InChI is InChI=1S/C16H16FNO/c1-2-16(17,13-9-5-3-6-10-13)15(19)18-14-11-7-4-8-12-14/h3-12H,2H2,1H3,(H,18,19). The number of halogens is 1. The van der Waals surface area contributed by atoms with Crippen molar-refractivity contribution in [3.8, 4) is 0 Å². The second-order valence-corrected chi connectivity index (χ2v) is 4.34. The summed E-state index contributed by atoms with van der Waals surface area (Å²) in [5, 5.41) is 2.62. The monoisotopic (exact) mass is 257 g/mol. The van der Waals surface area contributed by atoms with Gasteiger partial charge in [-0.3, -0.25) is 4.79 Å². The van der Waals surface area contributed by atoms with Gasteiger partial charge in [-0.2, -0.15) is 0 Å². The van der Waals surface area contributed by atoms with Gasteiger partial charge in [-0.1, -0.05) is 55.5 Å². The van der Waals surface area contributed by atoms with Gasteiger partial charge in [0, 0.05) is 5.69 Å². The van der Waals surface area contributed by atoms with Crippen molar-refractivity contribution in [1.29, 1.82) is 0 Å². The highest BCUT2D eigenvalue weighted by atomic mass is 19.1. The summed E-state index contributed by atoms with van der Waals surface area (Å²) in [6, 6.07) is 17.4. The van der Waals surface area contributed by atoms with E-state index in [4.69, 9.17) is 0 Å². The number of anilines is 1. The minimum Gasteiger partial charge on any atom is -0.323 e. The number of para-hydroxylation sites is 1. The fourth-order valence-corrected chi connectivity index (χ4v) is 1.95. The van der Waals surface area contributed by atoms with Crippen LogP contribution in [0.2, 0.25) is 0 Å². The summed E-state index contributed by atoms with van der Waals surface area (Å²) >= 11 is 0. The van der Waals surface area contributed by atoms with E-state index in [0.29, 0.717) is 11.3 Å². The zero-order valence-electron chi connectivity index (χ0n) is 10.8. The van der Waals surface area contributed by atoms with E-state index in [0.717, 1.165) is 0 Å². The first-order valence-corrected chi connectivity index (χ1v) is 6.28. The molecule has 0 fully saturated rings. The van der Waals surface area contributed by atoms with Gasteiger partial charge in [0.15, 0.2) is 0 Å². The molecule has 98 valence electrons. The molecule has 1 unspecified atom stereocenters. The molecule has 1 N–H and O–H groups in total. The summed E-state index contributed by atoms with van der Waals surface area (Å²) < 4.78 is 14.9.